The van der Waals surface area contributed by atoms with Crippen molar-refractivity contribution >= 4 is 23.1 Å². The van der Waals surface area contributed by atoms with Crippen molar-refractivity contribution in [2.24, 2.45) is 0 Å². The van der Waals surface area contributed by atoms with Gasteiger partial charge in [0.2, 0.25) is 5.16 Å². The Morgan fingerprint density at radius 1 is 0.931 bits per heavy atom. The molecule has 1 aromatic carbocycles. The summed E-state index contributed by atoms with van der Waals surface area (Å²) in [5.41, 5.74) is -3.45. The minimum absolute atomic E-state index is 0.00249. The van der Waals surface area contributed by atoms with Gasteiger partial charge in [-0.3, -0.25) is 0 Å². The summed E-state index contributed by atoms with van der Waals surface area (Å²) >= 11 is 2.07. The fourth-order valence-corrected chi connectivity index (χ4v) is 3.75. The Labute approximate surface area is 169 Å². The van der Waals surface area contributed by atoms with Gasteiger partial charge in [-0.15, -0.1) is 21.5 Å². The quantitative estimate of drug-likeness (QED) is 0.474. The van der Waals surface area contributed by atoms with Crippen molar-refractivity contribution < 1.29 is 26.3 Å². The molecule has 0 aliphatic carbocycles. The number of hydrogen-bond acceptors (Lipinski definition) is 6. The molecular formula is C16H13F6N5S2. The molecule has 2 aromatic heterocycles. The second-order valence-corrected chi connectivity index (χ2v) is 9.00. The van der Waals surface area contributed by atoms with Crippen molar-refractivity contribution in [2.75, 3.05) is 0 Å². The number of halogens is 6. The van der Waals surface area contributed by atoms with Gasteiger partial charge in [0.25, 0.3) is 0 Å². The smallest absolute Gasteiger partial charge is 0.229 e. The van der Waals surface area contributed by atoms with Crippen molar-refractivity contribution in [3.63, 3.8) is 0 Å². The lowest BCUT2D eigenvalue weighted by Crippen LogP contribution is -2.24. The summed E-state index contributed by atoms with van der Waals surface area (Å²) in [5.74, 6) is 0. The Morgan fingerprint density at radius 3 is 2.00 bits per heavy atom. The van der Waals surface area contributed by atoms with Gasteiger partial charge in [-0.25, -0.2) is 4.98 Å². The first kappa shape index (κ1) is 21.6. The summed E-state index contributed by atoms with van der Waals surface area (Å²) in [6, 6.07) is 1.38. The third kappa shape index (κ3) is 5.07. The van der Waals surface area contributed by atoms with Gasteiger partial charge in [0.1, 0.15) is 0 Å². The van der Waals surface area contributed by atoms with Crippen LogP contribution in [-0.4, -0.2) is 25.2 Å². The second-order valence-electron chi connectivity index (χ2n) is 6.93. The highest BCUT2D eigenvalue weighted by atomic mass is 32.2. The van der Waals surface area contributed by atoms with E-state index in [1.807, 2.05) is 20.8 Å². The summed E-state index contributed by atoms with van der Waals surface area (Å²) in [6.45, 7) is 5.61. The third-order valence-electron chi connectivity index (χ3n) is 3.54. The molecule has 3 rings (SSSR count). The monoisotopic (exact) mass is 453 g/mol. The van der Waals surface area contributed by atoms with Crippen LogP contribution in [0.3, 0.4) is 0 Å². The minimum Gasteiger partial charge on any atom is -0.229 e. The SMILES string of the molecule is CC(C)(C)n1nnc(Sc2nc(-c3cc(C(F)(F)F)cc(C(F)(F)F)c3)cs2)n1. The number of thiazole rings is 1. The highest BCUT2D eigenvalue weighted by Gasteiger charge is 2.37. The second kappa shape index (κ2) is 7.27. The fraction of sp³-hybridized carbons (Fsp3) is 0.375. The van der Waals surface area contributed by atoms with Gasteiger partial charge in [-0.1, -0.05) is 0 Å². The Balaban J connectivity index is 1.92. The van der Waals surface area contributed by atoms with Crippen LogP contribution in [0.25, 0.3) is 11.3 Å². The molecule has 0 bridgehead atoms. The van der Waals surface area contributed by atoms with Gasteiger partial charge in [-0.05, 0) is 55.9 Å². The van der Waals surface area contributed by atoms with E-state index in [1.165, 1.54) is 10.2 Å². The number of benzene rings is 1. The molecule has 0 radical (unpaired) electrons. The first-order valence-electron chi connectivity index (χ1n) is 7.97. The third-order valence-corrected chi connectivity index (χ3v) is 5.32. The van der Waals surface area contributed by atoms with Crippen LogP contribution in [0.15, 0.2) is 33.1 Å². The number of hydrogen-bond donors (Lipinski definition) is 0. The summed E-state index contributed by atoms with van der Waals surface area (Å²) in [4.78, 5) is 5.52. The minimum atomic E-state index is -4.92. The molecule has 5 nitrogen and oxygen atoms in total. The van der Waals surface area contributed by atoms with Crippen LogP contribution in [0, 0.1) is 0 Å². The van der Waals surface area contributed by atoms with E-state index < -0.39 is 29.0 Å². The van der Waals surface area contributed by atoms with Crippen LogP contribution >= 0.6 is 23.1 Å². The van der Waals surface area contributed by atoms with Crippen LogP contribution in [0.4, 0.5) is 26.3 Å². The zero-order chi connectivity index (χ0) is 21.6. The number of nitrogens with zero attached hydrogens (tertiary/aromatic N) is 5. The molecule has 0 fully saturated rings. The van der Waals surface area contributed by atoms with Crippen molar-refractivity contribution in [1.82, 2.24) is 25.2 Å². The molecule has 29 heavy (non-hydrogen) atoms. The first-order valence-corrected chi connectivity index (χ1v) is 9.67. The summed E-state index contributed by atoms with van der Waals surface area (Å²) in [7, 11) is 0. The molecule has 0 spiro atoms. The zero-order valence-electron chi connectivity index (χ0n) is 15.1. The average molecular weight is 453 g/mol. The zero-order valence-corrected chi connectivity index (χ0v) is 16.8. The van der Waals surface area contributed by atoms with E-state index >= 15 is 0 Å². The van der Waals surface area contributed by atoms with Crippen LogP contribution in [0.2, 0.25) is 0 Å². The van der Waals surface area contributed by atoms with E-state index in [0.717, 1.165) is 23.1 Å². The van der Waals surface area contributed by atoms with Gasteiger partial charge in [0.15, 0.2) is 4.34 Å². The molecule has 0 aliphatic rings. The van der Waals surface area contributed by atoms with E-state index in [9.17, 15) is 26.3 Å². The molecule has 13 heteroatoms. The van der Waals surface area contributed by atoms with E-state index in [-0.39, 0.29) is 22.5 Å². The average Bonchev–Trinajstić information content (AvgIpc) is 3.22. The number of rotatable bonds is 3. The van der Waals surface area contributed by atoms with E-state index in [0.29, 0.717) is 16.5 Å². The summed E-state index contributed by atoms with van der Waals surface area (Å²) < 4.78 is 78.5. The highest BCUT2D eigenvalue weighted by Crippen LogP contribution is 2.39. The molecule has 0 atom stereocenters. The van der Waals surface area contributed by atoms with E-state index in [1.54, 1.807) is 0 Å². The molecule has 0 saturated carbocycles. The number of alkyl halides is 6. The Hall–Kier alpha value is -2.15. The Morgan fingerprint density at radius 2 is 1.52 bits per heavy atom. The lowest BCUT2D eigenvalue weighted by molar-refractivity contribution is -0.143. The fourth-order valence-electron chi connectivity index (χ4n) is 2.14. The topological polar surface area (TPSA) is 56.5 Å². The molecule has 0 amide bonds. The molecule has 0 unspecified atom stereocenters. The maximum absolute atomic E-state index is 13.0. The molecule has 0 aliphatic heterocycles. The normalized spacial score (nSPS) is 13.1. The van der Waals surface area contributed by atoms with E-state index in [4.69, 9.17) is 0 Å². The summed E-state index contributed by atoms with van der Waals surface area (Å²) in [6.07, 6.45) is -9.84. The van der Waals surface area contributed by atoms with Crippen LogP contribution < -0.4 is 0 Å². The lowest BCUT2D eigenvalue weighted by Gasteiger charge is -2.15. The van der Waals surface area contributed by atoms with Crippen LogP contribution in [0.5, 0.6) is 0 Å². The van der Waals surface area contributed by atoms with Crippen molar-refractivity contribution in [3.8, 4) is 11.3 Å². The first-order chi connectivity index (χ1) is 13.2. The maximum atomic E-state index is 13.0. The number of tetrazole rings is 1. The maximum Gasteiger partial charge on any atom is 0.416 e. The molecule has 2 heterocycles. The van der Waals surface area contributed by atoms with Gasteiger partial charge in [-0.2, -0.15) is 31.1 Å². The van der Waals surface area contributed by atoms with Crippen molar-refractivity contribution in [2.45, 2.75) is 48.2 Å². The molecule has 0 saturated heterocycles. The highest BCUT2D eigenvalue weighted by molar-refractivity contribution is 8.00. The summed E-state index contributed by atoms with van der Waals surface area (Å²) in [5, 5.41) is 13.6. The largest absolute Gasteiger partial charge is 0.416 e. The molecule has 0 N–H and O–H groups in total. The predicted octanol–water partition coefficient (Wildman–Crippen LogP) is 5.74. The van der Waals surface area contributed by atoms with Gasteiger partial charge in [0.05, 0.1) is 22.4 Å². The molecule has 3 aromatic rings. The van der Waals surface area contributed by atoms with Gasteiger partial charge < -0.3 is 0 Å². The lowest BCUT2D eigenvalue weighted by atomic mass is 10.0. The number of aromatic nitrogens is 5. The van der Waals surface area contributed by atoms with Gasteiger partial charge >= 0.3 is 12.4 Å². The Bertz CT molecular complexity index is 984. The van der Waals surface area contributed by atoms with Crippen molar-refractivity contribution in [1.29, 1.82) is 0 Å². The predicted molar refractivity (Wildman–Crippen MR) is 94.5 cm³/mol. The van der Waals surface area contributed by atoms with Crippen molar-refractivity contribution in [3.05, 3.63) is 34.7 Å². The van der Waals surface area contributed by atoms with Crippen LogP contribution in [0.1, 0.15) is 31.9 Å². The molecular weight excluding hydrogens is 440 g/mol. The Kier molecular flexibility index (Phi) is 5.41. The standard InChI is InChI=1S/C16H13F6N5S2/c1-14(2,3)27-25-12(24-26-27)29-13-23-11(7-28-13)8-4-9(15(17,18)19)6-10(5-8)16(20,21)22/h4-7H,1-3H3. The van der Waals surface area contributed by atoms with Crippen LogP contribution in [-0.2, 0) is 17.9 Å². The molecule has 156 valence electrons. The van der Waals surface area contributed by atoms with E-state index in [2.05, 4.69) is 20.4 Å². The van der Waals surface area contributed by atoms with Gasteiger partial charge in [0, 0.05) is 10.9 Å².